The number of carbonyl (C=O) groups is 1. The summed E-state index contributed by atoms with van der Waals surface area (Å²) in [6.07, 6.45) is 4.43. The molecule has 7 heteroatoms. The van der Waals surface area contributed by atoms with Gasteiger partial charge in [-0.25, -0.2) is 4.98 Å². The highest BCUT2D eigenvalue weighted by Gasteiger charge is 2.45. The van der Waals surface area contributed by atoms with Gasteiger partial charge in [-0.15, -0.1) is 0 Å². The number of hydrogen-bond acceptors (Lipinski definition) is 6. The van der Waals surface area contributed by atoms with Crippen molar-refractivity contribution in [1.29, 1.82) is 0 Å². The van der Waals surface area contributed by atoms with Gasteiger partial charge in [0.2, 0.25) is 0 Å². The van der Waals surface area contributed by atoms with E-state index in [2.05, 4.69) is 35.2 Å². The number of H-pyrrole nitrogens is 1. The van der Waals surface area contributed by atoms with Gasteiger partial charge in [0.1, 0.15) is 17.4 Å². The van der Waals surface area contributed by atoms with Gasteiger partial charge in [0.05, 0.1) is 18.1 Å². The number of nitrogens with zero attached hydrogens (tertiary/aromatic N) is 1. The van der Waals surface area contributed by atoms with Gasteiger partial charge in [-0.3, -0.25) is 9.59 Å². The molecule has 2 aromatic rings. The fourth-order valence-electron chi connectivity index (χ4n) is 4.32. The van der Waals surface area contributed by atoms with E-state index >= 15 is 0 Å². The molecule has 0 spiro atoms. The van der Waals surface area contributed by atoms with Crippen LogP contribution in [0.1, 0.15) is 44.2 Å². The average molecular weight is 412 g/mol. The summed E-state index contributed by atoms with van der Waals surface area (Å²) in [5.74, 6) is 0.630. The molecule has 2 heterocycles. The molecule has 0 saturated carbocycles. The Morgan fingerprint density at radius 2 is 1.93 bits per heavy atom. The third-order valence-electron chi connectivity index (χ3n) is 5.44. The molecular formula is C22H25N3O3S. The molecular weight excluding hydrogens is 386 g/mol. The highest BCUT2D eigenvalue weighted by molar-refractivity contribution is 7.98. The molecule has 0 unspecified atom stereocenters. The number of aromatic nitrogens is 2. The molecule has 2 aliphatic rings. The van der Waals surface area contributed by atoms with Crippen molar-refractivity contribution in [2.75, 3.05) is 18.2 Å². The zero-order valence-corrected chi connectivity index (χ0v) is 17.9. The van der Waals surface area contributed by atoms with Crippen LogP contribution in [0.4, 0.5) is 5.82 Å². The highest BCUT2D eigenvalue weighted by Crippen LogP contribution is 2.48. The topological polar surface area (TPSA) is 84.1 Å². The second-order valence-electron chi connectivity index (χ2n) is 8.15. The van der Waals surface area contributed by atoms with Crippen molar-refractivity contribution in [2.45, 2.75) is 38.3 Å². The molecule has 0 radical (unpaired) electrons. The Hall–Kier alpha value is -2.54. The van der Waals surface area contributed by atoms with E-state index in [4.69, 9.17) is 4.74 Å². The lowest BCUT2D eigenvalue weighted by Gasteiger charge is -2.40. The second kappa shape index (κ2) is 7.37. The van der Waals surface area contributed by atoms with Gasteiger partial charge >= 0.3 is 0 Å². The van der Waals surface area contributed by atoms with Gasteiger partial charge in [0.15, 0.2) is 5.16 Å². The predicted molar refractivity (Wildman–Crippen MR) is 115 cm³/mol. The Labute approximate surface area is 174 Å². The van der Waals surface area contributed by atoms with Gasteiger partial charge in [0, 0.05) is 18.0 Å². The summed E-state index contributed by atoms with van der Waals surface area (Å²) in [6, 6.07) is 7.66. The fourth-order valence-corrected chi connectivity index (χ4v) is 4.69. The second-order valence-corrected chi connectivity index (χ2v) is 8.95. The summed E-state index contributed by atoms with van der Waals surface area (Å²) in [4.78, 5) is 33.6. The van der Waals surface area contributed by atoms with Crippen molar-refractivity contribution >= 4 is 23.4 Å². The summed E-state index contributed by atoms with van der Waals surface area (Å²) in [5, 5.41) is 3.85. The number of fused-ring (bicyclic) bond motifs is 2. The van der Waals surface area contributed by atoms with Gasteiger partial charge < -0.3 is 15.0 Å². The van der Waals surface area contributed by atoms with Crippen molar-refractivity contribution in [3.63, 3.8) is 0 Å². The molecule has 1 aliphatic carbocycles. The van der Waals surface area contributed by atoms with Crippen LogP contribution in [0.2, 0.25) is 0 Å². The summed E-state index contributed by atoms with van der Waals surface area (Å²) in [7, 11) is 0. The third-order valence-corrected chi connectivity index (χ3v) is 6.02. The number of carbonyl (C=O) groups excluding carboxylic acids is 1. The molecule has 152 valence electrons. The number of ether oxygens (including phenoxy) is 1. The van der Waals surface area contributed by atoms with E-state index < -0.39 is 5.92 Å². The first-order valence-corrected chi connectivity index (χ1v) is 11.0. The Balaban J connectivity index is 1.91. The largest absolute Gasteiger partial charge is 0.494 e. The third kappa shape index (κ3) is 3.59. The van der Waals surface area contributed by atoms with E-state index in [1.54, 1.807) is 0 Å². The lowest BCUT2D eigenvalue weighted by Crippen LogP contribution is -2.41. The number of Topliss-reactive ketones (excluding diaryl/α,β-unsaturated/α-hetero) is 1. The number of hydrogen-bond donors (Lipinski definition) is 2. The predicted octanol–water partition coefficient (Wildman–Crippen LogP) is 3.95. The number of allylic oxidation sites excluding steroid dienone is 2. The van der Waals surface area contributed by atoms with Crippen molar-refractivity contribution in [3.05, 3.63) is 57.5 Å². The zero-order valence-electron chi connectivity index (χ0n) is 17.0. The molecule has 0 amide bonds. The minimum Gasteiger partial charge on any atom is -0.494 e. The molecule has 1 aliphatic heterocycles. The van der Waals surface area contributed by atoms with Crippen LogP contribution >= 0.6 is 11.8 Å². The molecule has 2 atom stereocenters. The van der Waals surface area contributed by atoms with Gasteiger partial charge in [-0.05, 0) is 36.3 Å². The minimum absolute atomic E-state index is 0.137. The molecule has 29 heavy (non-hydrogen) atoms. The molecule has 1 aromatic carbocycles. The number of ketones is 1. The minimum atomic E-state index is -0.420. The van der Waals surface area contributed by atoms with Crippen LogP contribution in [0.5, 0.6) is 5.75 Å². The molecule has 4 rings (SSSR count). The van der Waals surface area contributed by atoms with Crippen molar-refractivity contribution < 1.29 is 9.53 Å². The van der Waals surface area contributed by atoms with E-state index in [0.29, 0.717) is 29.6 Å². The SMILES string of the molecule is CCOc1ccc([C@H]2c3c(nc(SC)[nH]c3=O)NC3=CC(C)(C)CC(=O)[C@@H]32)cc1. The first kappa shape index (κ1) is 19.8. The number of benzene rings is 1. The highest BCUT2D eigenvalue weighted by atomic mass is 32.2. The number of nitrogens with one attached hydrogen (secondary N) is 2. The van der Waals surface area contributed by atoms with E-state index in [1.807, 2.05) is 37.4 Å². The van der Waals surface area contributed by atoms with Crippen LogP contribution in [0, 0.1) is 11.3 Å². The molecule has 2 N–H and O–H groups in total. The molecule has 0 bridgehead atoms. The maximum atomic E-state index is 13.2. The lowest BCUT2D eigenvalue weighted by atomic mass is 9.67. The standard InChI is InChI=1S/C22H25N3O3S/c1-5-28-13-8-6-12(7-9-13)16-17-14(10-22(2,3)11-15(17)26)23-19-18(16)20(27)25-21(24-19)29-4/h6-10,16-17H,5,11H2,1-4H3,(H2,23,24,25,27)/t16-,17-/m1/s1. The van der Waals surface area contributed by atoms with Gasteiger partial charge in [-0.1, -0.05) is 43.8 Å². The fraction of sp³-hybridized carbons (Fsp3) is 0.409. The van der Waals surface area contributed by atoms with E-state index in [0.717, 1.165) is 17.0 Å². The monoisotopic (exact) mass is 411 g/mol. The quantitative estimate of drug-likeness (QED) is 0.585. The van der Waals surface area contributed by atoms with Crippen molar-refractivity contribution in [1.82, 2.24) is 9.97 Å². The lowest BCUT2D eigenvalue weighted by molar-refractivity contribution is -0.124. The first-order valence-electron chi connectivity index (χ1n) is 9.76. The molecule has 0 saturated heterocycles. The number of rotatable bonds is 4. The number of thioether (sulfide) groups is 1. The Morgan fingerprint density at radius 1 is 1.21 bits per heavy atom. The van der Waals surface area contributed by atoms with Crippen LogP contribution in [0.15, 0.2) is 46.0 Å². The smallest absolute Gasteiger partial charge is 0.257 e. The summed E-state index contributed by atoms with van der Waals surface area (Å²) in [6.45, 7) is 6.62. The summed E-state index contributed by atoms with van der Waals surface area (Å²) in [5.41, 5.74) is 1.82. The summed E-state index contributed by atoms with van der Waals surface area (Å²) < 4.78 is 5.55. The van der Waals surface area contributed by atoms with E-state index in [1.165, 1.54) is 11.8 Å². The normalized spacial score (nSPS) is 22.2. The first-order chi connectivity index (χ1) is 13.8. The van der Waals surface area contributed by atoms with Crippen LogP contribution in [-0.2, 0) is 4.79 Å². The van der Waals surface area contributed by atoms with Crippen molar-refractivity contribution in [2.24, 2.45) is 11.3 Å². The molecule has 0 fully saturated rings. The Morgan fingerprint density at radius 3 is 2.59 bits per heavy atom. The Kier molecular flexibility index (Phi) is 5.02. The van der Waals surface area contributed by atoms with Crippen molar-refractivity contribution in [3.8, 4) is 5.75 Å². The molecule has 6 nitrogen and oxygen atoms in total. The number of anilines is 1. The van der Waals surface area contributed by atoms with Crippen LogP contribution in [0.25, 0.3) is 0 Å². The average Bonchev–Trinajstić information content (AvgIpc) is 2.66. The summed E-state index contributed by atoms with van der Waals surface area (Å²) >= 11 is 1.38. The molecule has 1 aromatic heterocycles. The van der Waals surface area contributed by atoms with Gasteiger partial charge in [-0.2, -0.15) is 0 Å². The van der Waals surface area contributed by atoms with E-state index in [9.17, 15) is 9.59 Å². The van der Waals surface area contributed by atoms with E-state index in [-0.39, 0.29) is 22.7 Å². The number of aromatic amines is 1. The van der Waals surface area contributed by atoms with Crippen LogP contribution in [0.3, 0.4) is 0 Å². The maximum absolute atomic E-state index is 13.2. The van der Waals surface area contributed by atoms with Crippen LogP contribution < -0.4 is 15.6 Å². The maximum Gasteiger partial charge on any atom is 0.257 e. The zero-order chi connectivity index (χ0) is 20.8. The van der Waals surface area contributed by atoms with Gasteiger partial charge in [0.25, 0.3) is 5.56 Å². The Bertz CT molecular complexity index is 1040. The van der Waals surface area contributed by atoms with Crippen LogP contribution in [-0.4, -0.2) is 28.6 Å².